The molecule has 0 fully saturated rings. The third-order valence-electron chi connectivity index (χ3n) is 1.90. The van der Waals surface area contributed by atoms with E-state index in [0.717, 1.165) is 6.54 Å². The van der Waals surface area contributed by atoms with Crippen LogP contribution >= 0.6 is 0 Å². The minimum absolute atomic E-state index is 0.872. The molecule has 0 atom stereocenters. The van der Waals surface area contributed by atoms with Crippen molar-refractivity contribution in [2.24, 2.45) is 4.99 Å². The minimum Gasteiger partial charge on any atom is -0.288 e. The van der Waals surface area contributed by atoms with E-state index in [9.17, 15) is 0 Å². The van der Waals surface area contributed by atoms with Gasteiger partial charge in [-0.15, -0.1) is 0 Å². The van der Waals surface area contributed by atoms with Crippen LogP contribution in [0.5, 0.6) is 0 Å². The summed E-state index contributed by atoms with van der Waals surface area (Å²) in [5.74, 6) is 0. The number of fused-ring (bicyclic) bond motifs is 1. The van der Waals surface area contributed by atoms with Gasteiger partial charge in [-0.1, -0.05) is 18.2 Å². The Bertz CT molecular complexity index is 287. The van der Waals surface area contributed by atoms with Crippen molar-refractivity contribution in [1.29, 1.82) is 0 Å². The molecular formula is C9H9N. The first-order valence-electron chi connectivity index (χ1n) is 3.46. The number of aliphatic imine (C=N–C) groups is 1. The molecular weight excluding hydrogens is 122 g/mol. The zero-order chi connectivity index (χ0) is 6.97. The van der Waals surface area contributed by atoms with Crippen molar-refractivity contribution in [2.45, 2.75) is 13.5 Å². The predicted octanol–water partition coefficient (Wildman–Crippen LogP) is 1.93. The quantitative estimate of drug-likeness (QED) is 0.510. The van der Waals surface area contributed by atoms with Crippen LogP contribution in [0.15, 0.2) is 23.2 Å². The second kappa shape index (κ2) is 1.94. The molecule has 1 nitrogen and oxygen atoms in total. The lowest BCUT2D eigenvalue weighted by Gasteiger charge is -1.98. The summed E-state index contributed by atoms with van der Waals surface area (Å²) in [6.07, 6.45) is 1.96. The van der Waals surface area contributed by atoms with Gasteiger partial charge in [0.2, 0.25) is 0 Å². The van der Waals surface area contributed by atoms with Crippen LogP contribution in [0.25, 0.3) is 0 Å². The zero-order valence-electron chi connectivity index (χ0n) is 5.96. The molecule has 0 unspecified atom stereocenters. The molecule has 1 aliphatic rings. The summed E-state index contributed by atoms with van der Waals surface area (Å²) in [5, 5.41) is 0. The molecule has 1 aromatic rings. The maximum atomic E-state index is 4.19. The van der Waals surface area contributed by atoms with E-state index in [1.807, 2.05) is 6.21 Å². The van der Waals surface area contributed by atoms with Crippen molar-refractivity contribution in [3.63, 3.8) is 0 Å². The van der Waals surface area contributed by atoms with Crippen molar-refractivity contribution >= 4 is 6.21 Å². The van der Waals surface area contributed by atoms with Crippen molar-refractivity contribution in [3.8, 4) is 0 Å². The molecule has 1 aromatic carbocycles. The van der Waals surface area contributed by atoms with Gasteiger partial charge in [-0.25, -0.2) is 0 Å². The van der Waals surface area contributed by atoms with Gasteiger partial charge in [-0.2, -0.15) is 0 Å². The molecule has 0 saturated carbocycles. The van der Waals surface area contributed by atoms with E-state index in [1.165, 1.54) is 16.7 Å². The Hall–Kier alpha value is -1.11. The van der Waals surface area contributed by atoms with E-state index < -0.39 is 0 Å². The Labute approximate surface area is 60.4 Å². The van der Waals surface area contributed by atoms with Crippen LogP contribution in [0.1, 0.15) is 16.7 Å². The molecule has 1 aliphatic heterocycles. The fourth-order valence-electron chi connectivity index (χ4n) is 1.30. The highest BCUT2D eigenvalue weighted by atomic mass is 14.7. The molecule has 0 bridgehead atoms. The molecule has 1 heterocycles. The van der Waals surface area contributed by atoms with Gasteiger partial charge in [-0.05, 0) is 18.1 Å². The van der Waals surface area contributed by atoms with Crippen LogP contribution in [-0.4, -0.2) is 6.21 Å². The third-order valence-corrected chi connectivity index (χ3v) is 1.90. The van der Waals surface area contributed by atoms with Gasteiger partial charge in [0.1, 0.15) is 0 Å². The Morgan fingerprint density at radius 2 is 2.30 bits per heavy atom. The van der Waals surface area contributed by atoms with E-state index in [-0.39, 0.29) is 0 Å². The van der Waals surface area contributed by atoms with Gasteiger partial charge in [0, 0.05) is 11.8 Å². The number of nitrogens with zero attached hydrogens (tertiary/aromatic N) is 1. The Morgan fingerprint density at radius 1 is 1.40 bits per heavy atom. The first kappa shape index (κ1) is 5.66. The van der Waals surface area contributed by atoms with Crippen LogP contribution in [0, 0.1) is 6.92 Å². The topological polar surface area (TPSA) is 12.4 Å². The lowest BCUT2D eigenvalue weighted by Crippen LogP contribution is -1.86. The maximum Gasteiger partial charge on any atom is 0.0646 e. The number of rotatable bonds is 0. The van der Waals surface area contributed by atoms with Gasteiger partial charge in [0.15, 0.2) is 0 Å². The number of benzene rings is 1. The molecule has 0 aliphatic carbocycles. The van der Waals surface area contributed by atoms with Crippen LogP contribution in [-0.2, 0) is 6.54 Å². The molecule has 50 valence electrons. The monoisotopic (exact) mass is 131 g/mol. The Kier molecular flexibility index (Phi) is 1.10. The Morgan fingerprint density at radius 3 is 3.10 bits per heavy atom. The van der Waals surface area contributed by atoms with Gasteiger partial charge in [0.05, 0.1) is 6.54 Å². The number of aryl methyl sites for hydroxylation is 1. The number of hydrogen-bond donors (Lipinski definition) is 0. The standard InChI is InChI=1S/C9H9N/c1-7-3-2-4-8-5-10-6-9(7)8/h2-4,6H,5H2,1H3. The van der Waals surface area contributed by atoms with E-state index in [0.29, 0.717) is 0 Å². The molecule has 0 spiro atoms. The average Bonchev–Trinajstić information content (AvgIpc) is 2.36. The minimum atomic E-state index is 0.872. The molecule has 10 heavy (non-hydrogen) atoms. The highest BCUT2D eigenvalue weighted by Crippen LogP contribution is 2.17. The lowest BCUT2D eigenvalue weighted by atomic mass is 10.1. The van der Waals surface area contributed by atoms with E-state index in [1.54, 1.807) is 0 Å². The first-order chi connectivity index (χ1) is 4.88. The lowest BCUT2D eigenvalue weighted by molar-refractivity contribution is 1.11. The second-order valence-electron chi connectivity index (χ2n) is 2.62. The molecule has 0 N–H and O–H groups in total. The van der Waals surface area contributed by atoms with Crippen LogP contribution in [0.3, 0.4) is 0 Å². The summed E-state index contributed by atoms with van der Waals surface area (Å²) in [7, 11) is 0. The summed E-state index contributed by atoms with van der Waals surface area (Å²) in [5.41, 5.74) is 4.02. The highest BCUT2D eigenvalue weighted by Gasteiger charge is 2.05. The van der Waals surface area contributed by atoms with Crippen LogP contribution in [0.2, 0.25) is 0 Å². The van der Waals surface area contributed by atoms with Gasteiger partial charge >= 0.3 is 0 Å². The van der Waals surface area contributed by atoms with Crippen molar-refractivity contribution in [1.82, 2.24) is 0 Å². The number of hydrogen-bond acceptors (Lipinski definition) is 1. The predicted molar refractivity (Wildman–Crippen MR) is 42.5 cm³/mol. The first-order valence-corrected chi connectivity index (χ1v) is 3.46. The fourth-order valence-corrected chi connectivity index (χ4v) is 1.30. The van der Waals surface area contributed by atoms with Gasteiger partial charge in [-0.3, -0.25) is 4.99 Å². The van der Waals surface area contributed by atoms with E-state index >= 15 is 0 Å². The zero-order valence-corrected chi connectivity index (χ0v) is 5.96. The highest BCUT2D eigenvalue weighted by molar-refractivity contribution is 5.86. The average molecular weight is 131 g/mol. The maximum absolute atomic E-state index is 4.19. The normalized spacial score (nSPS) is 13.7. The van der Waals surface area contributed by atoms with Gasteiger partial charge in [0.25, 0.3) is 0 Å². The summed E-state index contributed by atoms with van der Waals surface area (Å²) in [4.78, 5) is 4.19. The van der Waals surface area contributed by atoms with E-state index in [4.69, 9.17) is 0 Å². The van der Waals surface area contributed by atoms with Crippen LogP contribution in [0.4, 0.5) is 0 Å². The van der Waals surface area contributed by atoms with E-state index in [2.05, 4.69) is 30.1 Å². The molecule has 0 radical (unpaired) electrons. The summed E-state index contributed by atoms with van der Waals surface area (Å²) in [6, 6.07) is 6.34. The molecule has 1 heteroatoms. The SMILES string of the molecule is Cc1cccc2c1C=NC2. The van der Waals surface area contributed by atoms with Crippen molar-refractivity contribution in [2.75, 3.05) is 0 Å². The van der Waals surface area contributed by atoms with Crippen LogP contribution < -0.4 is 0 Å². The van der Waals surface area contributed by atoms with Gasteiger partial charge < -0.3 is 0 Å². The third kappa shape index (κ3) is 0.670. The molecule has 2 rings (SSSR count). The summed E-state index contributed by atoms with van der Waals surface area (Å²) >= 11 is 0. The smallest absolute Gasteiger partial charge is 0.0646 e. The molecule has 0 aromatic heterocycles. The van der Waals surface area contributed by atoms with Crippen molar-refractivity contribution in [3.05, 3.63) is 34.9 Å². The Balaban J connectivity index is 2.67. The molecule has 0 saturated heterocycles. The summed E-state index contributed by atoms with van der Waals surface area (Å²) < 4.78 is 0. The fraction of sp³-hybridized carbons (Fsp3) is 0.222. The largest absolute Gasteiger partial charge is 0.288 e. The van der Waals surface area contributed by atoms with Crippen molar-refractivity contribution < 1.29 is 0 Å². The molecule has 0 amide bonds. The second-order valence-corrected chi connectivity index (χ2v) is 2.62. The summed E-state index contributed by atoms with van der Waals surface area (Å²) in [6.45, 7) is 2.99.